The van der Waals surface area contributed by atoms with Crippen LogP contribution in [-0.2, 0) is 0 Å². The van der Waals surface area contributed by atoms with Crippen molar-refractivity contribution in [3.63, 3.8) is 0 Å². The summed E-state index contributed by atoms with van der Waals surface area (Å²) in [6, 6.07) is 0.336. The number of carbonyl (C=O) groups is 1. The molecule has 1 aliphatic rings. The molecule has 1 fully saturated rings. The van der Waals surface area contributed by atoms with E-state index in [4.69, 9.17) is 0 Å². The van der Waals surface area contributed by atoms with Gasteiger partial charge in [0.1, 0.15) is 10.7 Å². The van der Waals surface area contributed by atoms with Gasteiger partial charge < -0.3 is 4.90 Å². The third-order valence-corrected chi connectivity index (χ3v) is 3.76. The van der Waals surface area contributed by atoms with Crippen molar-refractivity contribution < 1.29 is 4.79 Å². The van der Waals surface area contributed by atoms with E-state index in [9.17, 15) is 4.79 Å². The smallest absolute Gasteiger partial charge is 0.169 e. The predicted molar refractivity (Wildman–Crippen MR) is 60.4 cm³/mol. The molecule has 0 N–H and O–H groups in total. The Morgan fingerprint density at radius 2 is 2.33 bits per heavy atom. The normalized spacial score (nSPS) is 24.3. The zero-order valence-electron chi connectivity index (χ0n) is 9.01. The second kappa shape index (κ2) is 4.38. The molecule has 0 spiro atoms. The number of hydrogen-bond donors (Lipinski definition) is 0. The zero-order valence-corrected chi connectivity index (χ0v) is 9.83. The number of likely N-dealkylation sites (N-methyl/N-ethyl adjacent to an activating group) is 2. The Labute approximate surface area is 93.5 Å². The number of piperazine rings is 1. The minimum atomic E-state index is 0.336. The standard InChI is InChI=1S/C10H15N3OS/c1-12-3-4-13(2)9(5-12)10-11-8(6-14)7-15-10/h6-7,9H,3-5H2,1-2H3. The number of thiazole rings is 1. The molecule has 0 bridgehead atoms. The van der Waals surface area contributed by atoms with E-state index in [2.05, 4.69) is 28.9 Å². The molecule has 0 radical (unpaired) electrons. The van der Waals surface area contributed by atoms with Crippen LogP contribution < -0.4 is 0 Å². The fourth-order valence-corrected chi connectivity index (χ4v) is 2.70. The molecule has 1 aliphatic heterocycles. The highest BCUT2D eigenvalue weighted by atomic mass is 32.1. The Morgan fingerprint density at radius 1 is 1.53 bits per heavy atom. The minimum absolute atomic E-state index is 0.336. The lowest BCUT2D eigenvalue weighted by molar-refractivity contribution is 0.110. The van der Waals surface area contributed by atoms with E-state index in [0.29, 0.717) is 11.7 Å². The Balaban J connectivity index is 2.17. The summed E-state index contributed by atoms with van der Waals surface area (Å²) in [4.78, 5) is 19.5. The Hall–Kier alpha value is -0.780. The average Bonchev–Trinajstić information content (AvgIpc) is 2.70. The lowest BCUT2D eigenvalue weighted by Crippen LogP contribution is -2.44. The maximum atomic E-state index is 10.6. The number of carbonyl (C=O) groups excluding carboxylic acids is 1. The van der Waals surface area contributed by atoms with E-state index in [0.717, 1.165) is 30.9 Å². The van der Waals surface area contributed by atoms with E-state index >= 15 is 0 Å². The first-order chi connectivity index (χ1) is 7.20. The molecule has 4 nitrogen and oxygen atoms in total. The molecule has 1 atom stereocenters. The van der Waals surface area contributed by atoms with Gasteiger partial charge in [-0.05, 0) is 14.1 Å². The van der Waals surface area contributed by atoms with E-state index < -0.39 is 0 Å². The second-order valence-corrected chi connectivity index (χ2v) is 4.88. The van der Waals surface area contributed by atoms with Crippen LogP contribution in [0.4, 0.5) is 0 Å². The number of rotatable bonds is 2. The second-order valence-electron chi connectivity index (χ2n) is 3.99. The van der Waals surface area contributed by atoms with Gasteiger partial charge in [0, 0.05) is 25.0 Å². The molecular weight excluding hydrogens is 210 g/mol. The monoisotopic (exact) mass is 225 g/mol. The van der Waals surface area contributed by atoms with Gasteiger partial charge in [0.15, 0.2) is 6.29 Å². The molecule has 1 aromatic rings. The van der Waals surface area contributed by atoms with Crippen molar-refractivity contribution in [3.05, 3.63) is 16.1 Å². The Morgan fingerprint density at radius 3 is 3.00 bits per heavy atom. The van der Waals surface area contributed by atoms with Crippen LogP contribution in [0.2, 0.25) is 0 Å². The van der Waals surface area contributed by atoms with Crippen molar-refractivity contribution in [1.29, 1.82) is 0 Å². The van der Waals surface area contributed by atoms with Crippen LogP contribution in [0.25, 0.3) is 0 Å². The number of aromatic nitrogens is 1. The first-order valence-electron chi connectivity index (χ1n) is 5.00. The molecule has 5 heteroatoms. The quantitative estimate of drug-likeness (QED) is 0.700. The van der Waals surface area contributed by atoms with Gasteiger partial charge in [-0.3, -0.25) is 9.69 Å². The summed E-state index contributed by atoms with van der Waals surface area (Å²) in [7, 11) is 4.23. The third-order valence-electron chi connectivity index (χ3n) is 2.80. The van der Waals surface area contributed by atoms with Crippen molar-refractivity contribution in [3.8, 4) is 0 Å². The zero-order chi connectivity index (χ0) is 10.8. The summed E-state index contributed by atoms with van der Waals surface area (Å²) in [6.45, 7) is 3.14. The highest BCUT2D eigenvalue weighted by Crippen LogP contribution is 2.25. The Bertz CT molecular complexity index is 352. The van der Waals surface area contributed by atoms with Gasteiger partial charge in [-0.25, -0.2) is 4.98 Å². The van der Waals surface area contributed by atoms with Gasteiger partial charge in [0.25, 0.3) is 0 Å². The summed E-state index contributed by atoms with van der Waals surface area (Å²) in [5.41, 5.74) is 0.552. The molecule has 2 rings (SSSR count). The van der Waals surface area contributed by atoms with E-state index in [-0.39, 0.29) is 0 Å². The number of nitrogens with zero attached hydrogens (tertiary/aromatic N) is 3. The molecule has 15 heavy (non-hydrogen) atoms. The van der Waals surface area contributed by atoms with E-state index in [1.165, 1.54) is 0 Å². The van der Waals surface area contributed by atoms with Gasteiger partial charge in [0.05, 0.1) is 6.04 Å². The lowest BCUT2D eigenvalue weighted by atomic mass is 10.2. The first kappa shape index (κ1) is 10.7. The van der Waals surface area contributed by atoms with Crippen LogP contribution in [0, 0.1) is 0 Å². The van der Waals surface area contributed by atoms with Gasteiger partial charge >= 0.3 is 0 Å². The maximum absolute atomic E-state index is 10.6. The van der Waals surface area contributed by atoms with Gasteiger partial charge in [0.2, 0.25) is 0 Å². The molecule has 1 unspecified atom stereocenters. The van der Waals surface area contributed by atoms with Crippen molar-refractivity contribution in [2.45, 2.75) is 6.04 Å². The van der Waals surface area contributed by atoms with Crippen molar-refractivity contribution in [2.24, 2.45) is 0 Å². The summed E-state index contributed by atoms with van der Waals surface area (Å²) in [5.74, 6) is 0. The molecule has 1 saturated heterocycles. The SMILES string of the molecule is CN1CCN(C)C(c2nc(C=O)cs2)C1. The van der Waals surface area contributed by atoms with Gasteiger partial charge in [-0.2, -0.15) is 0 Å². The topological polar surface area (TPSA) is 36.4 Å². The highest BCUT2D eigenvalue weighted by Gasteiger charge is 2.25. The molecule has 82 valence electrons. The third kappa shape index (κ3) is 2.25. The number of aldehydes is 1. The largest absolute Gasteiger partial charge is 0.303 e. The molecule has 2 heterocycles. The van der Waals surface area contributed by atoms with Crippen molar-refractivity contribution in [2.75, 3.05) is 33.7 Å². The summed E-state index contributed by atoms with van der Waals surface area (Å²) in [5, 5.41) is 2.87. The summed E-state index contributed by atoms with van der Waals surface area (Å²) < 4.78 is 0. The van der Waals surface area contributed by atoms with Crippen LogP contribution in [0.1, 0.15) is 21.5 Å². The van der Waals surface area contributed by atoms with Gasteiger partial charge in [-0.15, -0.1) is 11.3 Å². The molecule has 0 saturated carbocycles. The van der Waals surface area contributed by atoms with Crippen LogP contribution in [0.5, 0.6) is 0 Å². The van der Waals surface area contributed by atoms with E-state index in [1.54, 1.807) is 11.3 Å². The summed E-state index contributed by atoms with van der Waals surface area (Å²) >= 11 is 1.58. The number of hydrogen-bond acceptors (Lipinski definition) is 5. The van der Waals surface area contributed by atoms with E-state index in [1.807, 2.05) is 5.38 Å². The van der Waals surface area contributed by atoms with Crippen LogP contribution >= 0.6 is 11.3 Å². The van der Waals surface area contributed by atoms with Crippen LogP contribution in [0.15, 0.2) is 5.38 Å². The van der Waals surface area contributed by atoms with Crippen LogP contribution in [-0.4, -0.2) is 54.8 Å². The Kier molecular flexibility index (Phi) is 3.14. The maximum Gasteiger partial charge on any atom is 0.169 e. The molecular formula is C10H15N3OS. The molecule has 1 aromatic heterocycles. The van der Waals surface area contributed by atoms with Crippen molar-refractivity contribution >= 4 is 17.6 Å². The minimum Gasteiger partial charge on any atom is -0.303 e. The lowest BCUT2D eigenvalue weighted by Gasteiger charge is -2.36. The fourth-order valence-electron chi connectivity index (χ4n) is 1.78. The molecule has 0 aliphatic carbocycles. The predicted octanol–water partition coefficient (Wildman–Crippen LogP) is 0.874. The average molecular weight is 225 g/mol. The molecule has 0 aromatic carbocycles. The fraction of sp³-hybridized carbons (Fsp3) is 0.600. The first-order valence-corrected chi connectivity index (χ1v) is 5.88. The molecule has 0 amide bonds. The highest BCUT2D eigenvalue weighted by molar-refractivity contribution is 7.09. The van der Waals surface area contributed by atoms with Gasteiger partial charge in [-0.1, -0.05) is 0 Å². The van der Waals surface area contributed by atoms with Crippen molar-refractivity contribution in [1.82, 2.24) is 14.8 Å². The van der Waals surface area contributed by atoms with Crippen LogP contribution in [0.3, 0.4) is 0 Å². The summed E-state index contributed by atoms with van der Waals surface area (Å²) in [6.07, 6.45) is 0.812.